The van der Waals surface area contributed by atoms with Gasteiger partial charge in [-0.05, 0) is 66.4 Å². The smallest absolute Gasteiger partial charge is 0.270 e. The van der Waals surface area contributed by atoms with Gasteiger partial charge in [0.15, 0.2) is 0 Å². The van der Waals surface area contributed by atoms with Crippen LogP contribution in [0.4, 0.5) is 0 Å². The number of carbonyl (C=O) groups is 1. The summed E-state index contributed by atoms with van der Waals surface area (Å²) in [7, 11) is 1.97. The fraction of sp³-hybridized carbons (Fsp3) is 0.688. The highest BCUT2D eigenvalue weighted by molar-refractivity contribution is 9.10. The predicted molar refractivity (Wildman–Crippen MR) is 83.9 cm³/mol. The van der Waals surface area contributed by atoms with Crippen LogP contribution in [-0.2, 0) is 0 Å². The van der Waals surface area contributed by atoms with Gasteiger partial charge >= 0.3 is 0 Å². The minimum atomic E-state index is 0.183. The molecule has 0 unspecified atom stereocenters. The minimum Gasteiger partial charge on any atom is -0.339 e. The lowest BCUT2D eigenvalue weighted by Crippen LogP contribution is -2.40. The molecule has 2 fully saturated rings. The van der Waals surface area contributed by atoms with E-state index in [2.05, 4.69) is 33.6 Å². The van der Waals surface area contributed by atoms with Crippen molar-refractivity contribution in [1.82, 2.24) is 9.47 Å². The number of hydrogen-bond donors (Lipinski definition) is 0. The third kappa shape index (κ3) is 2.80. The van der Waals surface area contributed by atoms with Crippen molar-refractivity contribution < 1.29 is 4.79 Å². The average molecular weight is 339 g/mol. The highest BCUT2D eigenvalue weighted by Gasteiger charge is 2.31. The van der Waals surface area contributed by atoms with Crippen LogP contribution in [-0.4, -0.2) is 28.5 Å². The van der Waals surface area contributed by atoms with E-state index in [1.54, 1.807) is 0 Å². The predicted octanol–water partition coefficient (Wildman–Crippen LogP) is 4.24. The fourth-order valence-corrected chi connectivity index (χ4v) is 3.69. The van der Waals surface area contributed by atoms with E-state index in [1.165, 1.54) is 25.7 Å². The van der Waals surface area contributed by atoms with Crippen molar-refractivity contribution in [2.75, 3.05) is 7.05 Å². The normalized spacial score (nSPS) is 26.6. The topological polar surface area (TPSA) is 25.2 Å². The number of hydrogen-bond acceptors (Lipinski definition) is 1. The maximum atomic E-state index is 12.8. The molecule has 1 aromatic rings. The van der Waals surface area contributed by atoms with E-state index in [1.807, 2.05) is 18.0 Å². The molecule has 2 saturated carbocycles. The molecule has 0 N–H and O–H groups in total. The Morgan fingerprint density at radius 1 is 1.25 bits per heavy atom. The molecule has 4 heteroatoms. The first-order chi connectivity index (χ1) is 9.56. The van der Waals surface area contributed by atoms with Crippen LogP contribution >= 0.6 is 15.9 Å². The summed E-state index contributed by atoms with van der Waals surface area (Å²) in [6.45, 7) is 2.31. The summed E-state index contributed by atoms with van der Waals surface area (Å²) in [5, 5.41) is 0. The van der Waals surface area contributed by atoms with E-state index in [0.29, 0.717) is 12.1 Å². The summed E-state index contributed by atoms with van der Waals surface area (Å²) in [6.07, 6.45) is 9.24. The Labute approximate surface area is 129 Å². The van der Waals surface area contributed by atoms with Gasteiger partial charge in [0.1, 0.15) is 5.69 Å². The second kappa shape index (κ2) is 5.55. The second-order valence-corrected chi connectivity index (χ2v) is 7.43. The summed E-state index contributed by atoms with van der Waals surface area (Å²) >= 11 is 3.51. The summed E-state index contributed by atoms with van der Waals surface area (Å²) in [4.78, 5) is 14.8. The summed E-state index contributed by atoms with van der Waals surface area (Å²) in [5.41, 5.74) is 0.848. The van der Waals surface area contributed by atoms with Crippen molar-refractivity contribution >= 4 is 21.8 Å². The standard InChI is InChI=1S/C16H23BrN2O/c1-11-3-5-13(6-4-11)18(2)16(20)15-9-12(17)10-19(15)14-7-8-14/h9-11,13-14H,3-8H2,1-2H3. The molecule has 20 heavy (non-hydrogen) atoms. The molecule has 0 aromatic carbocycles. The lowest BCUT2D eigenvalue weighted by molar-refractivity contribution is 0.0668. The molecule has 0 spiro atoms. The zero-order chi connectivity index (χ0) is 14.3. The van der Waals surface area contributed by atoms with Gasteiger partial charge in [0.2, 0.25) is 0 Å². The Hall–Kier alpha value is -0.770. The number of aromatic nitrogens is 1. The van der Waals surface area contributed by atoms with Crippen molar-refractivity contribution in [2.24, 2.45) is 5.92 Å². The lowest BCUT2D eigenvalue weighted by atomic mass is 9.86. The van der Waals surface area contributed by atoms with E-state index in [9.17, 15) is 4.79 Å². The van der Waals surface area contributed by atoms with Crippen LogP contribution in [0.15, 0.2) is 16.7 Å². The first-order valence-electron chi connectivity index (χ1n) is 7.70. The number of nitrogens with zero attached hydrogens (tertiary/aromatic N) is 2. The van der Waals surface area contributed by atoms with Gasteiger partial charge in [0.05, 0.1) is 0 Å². The van der Waals surface area contributed by atoms with Gasteiger partial charge < -0.3 is 9.47 Å². The van der Waals surface area contributed by atoms with Gasteiger partial charge in [-0.15, -0.1) is 0 Å². The molecule has 3 nitrogen and oxygen atoms in total. The third-order valence-corrected chi connectivity index (χ3v) is 5.26. The number of halogens is 1. The molecule has 110 valence electrons. The van der Waals surface area contributed by atoms with Crippen molar-refractivity contribution in [3.63, 3.8) is 0 Å². The summed E-state index contributed by atoms with van der Waals surface area (Å²) in [5.74, 6) is 1.00. The largest absolute Gasteiger partial charge is 0.339 e. The van der Waals surface area contributed by atoms with Crippen molar-refractivity contribution in [2.45, 2.75) is 57.5 Å². The molecule has 2 aliphatic rings. The van der Waals surface area contributed by atoms with Crippen LogP contribution in [0, 0.1) is 5.92 Å². The molecule has 0 saturated heterocycles. The summed E-state index contributed by atoms with van der Waals surface area (Å²) < 4.78 is 3.17. The highest BCUT2D eigenvalue weighted by atomic mass is 79.9. The fourth-order valence-electron chi connectivity index (χ4n) is 3.25. The van der Waals surface area contributed by atoms with Crippen LogP contribution in [0.1, 0.15) is 62.0 Å². The van der Waals surface area contributed by atoms with Gasteiger partial charge in [-0.1, -0.05) is 6.92 Å². The molecule has 2 aliphatic carbocycles. The van der Waals surface area contributed by atoms with Crippen molar-refractivity contribution in [3.8, 4) is 0 Å². The Kier molecular flexibility index (Phi) is 3.93. The van der Waals surface area contributed by atoms with E-state index in [4.69, 9.17) is 0 Å². The maximum absolute atomic E-state index is 12.8. The molecule has 0 bridgehead atoms. The van der Waals surface area contributed by atoms with Crippen LogP contribution in [0.3, 0.4) is 0 Å². The zero-order valence-corrected chi connectivity index (χ0v) is 13.9. The molecule has 0 aliphatic heterocycles. The van der Waals surface area contributed by atoms with Crippen LogP contribution < -0.4 is 0 Å². The van der Waals surface area contributed by atoms with E-state index < -0.39 is 0 Å². The first-order valence-corrected chi connectivity index (χ1v) is 8.50. The van der Waals surface area contributed by atoms with Crippen LogP contribution in [0.2, 0.25) is 0 Å². The Morgan fingerprint density at radius 2 is 1.90 bits per heavy atom. The van der Waals surface area contributed by atoms with Gasteiger partial charge in [-0.2, -0.15) is 0 Å². The van der Waals surface area contributed by atoms with E-state index in [0.717, 1.165) is 28.9 Å². The lowest BCUT2D eigenvalue weighted by Gasteiger charge is -2.33. The average Bonchev–Trinajstić information content (AvgIpc) is 3.21. The maximum Gasteiger partial charge on any atom is 0.270 e. The molecule has 0 radical (unpaired) electrons. The Bertz CT molecular complexity index is 499. The second-order valence-electron chi connectivity index (χ2n) is 6.51. The first kappa shape index (κ1) is 14.2. The molecular formula is C16H23BrN2O. The number of rotatable bonds is 3. The van der Waals surface area contributed by atoms with Gasteiger partial charge in [0.25, 0.3) is 5.91 Å². The molecule has 1 aromatic heterocycles. The minimum absolute atomic E-state index is 0.183. The van der Waals surface area contributed by atoms with Crippen LogP contribution in [0.5, 0.6) is 0 Å². The van der Waals surface area contributed by atoms with Gasteiger partial charge in [0, 0.05) is 29.8 Å². The molecule has 3 rings (SSSR count). The molecular weight excluding hydrogens is 316 g/mol. The van der Waals surface area contributed by atoms with E-state index >= 15 is 0 Å². The zero-order valence-electron chi connectivity index (χ0n) is 12.3. The van der Waals surface area contributed by atoms with E-state index in [-0.39, 0.29) is 5.91 Å². The quantitative estimate of drug-likeness (QED) is 0.809. The van der Waals surface area contributed by atoms with Crippen molar-refractivity contribution in [3.05, 3.63) is 22.4 Å². The summed E-state index contributed by atoms with van der Waals surface area (Å²) in [6, 6.07) is 2.93. The Balaban J connectivity index is 1.74. The monoisotopic (exact) mass is 338 g/mol. The molecule has 1 amide bonds. The molecule has 1 heterocycles. The number of carbonyl (C=O) groups excluding carboxylic acids is 1. The molecule has 0 atom stereocenters. The highest BCUT2D eigenvalue weighted by Crippen LogP contribution is 2.38. The Morgan fingerprint density at radius 3 is 2.50 bits per heavy atom. The number of amides is 1. The van der Waals surface area contributed by atoms with Gasteiger partial charge in [-0.3, -0.25) is 4.79 Å². The SMILES string of the molecule is CC1CCC(N(C)C(=O)c2cc(Br)cn2C2CC2)CC1. The van der Waals surface area contributed by atoms with Crippen LogP contribution in [0.25, 0.3) is 0 Å². The third-order valence-electron chi connectivity index (χ3n) is 4.83. The van der Waals surface area contributed by atoms with Gasteiger partial charge in [-0.25, -0.2) is 0 Å². The van der Waals surface area contributed by atoms with Crippen molar-refractivity contribution in [1.29, 1.82) is 0 Å².